The maximum Gasteiger partial charge on any atom is 0.262 e. The average Bonchev–Trinajstić information content (AvgIpc) is 2.51. The van der Waals surface area contributed by atoms with E-state index in [1.807, 2.05) is 6.92 Å². The van der Waals surface area contributed by atoms with Crippen molar-refractivity contribution in [1.29, 1.82) is 0 Å². The predicted molar refractivity (Wildman–Crippen MR) is 96.1 cm³/mol. The monoisotopic (exact) mass is 366 g/mol. The molecule has 0 radical (unpaired) electrons. The number of rotatable bonds is 5. The molecule has 2 aromatic rings. The Kier molecular flexibility index (Phi) is 6.06. The third-order valence-corrected chi connectivity index (χ3v) is 3.83. The quantitative estimate of drug-likeness (QED) is 0.829. The van der Waals surface area contributed by atoms with Crippen LogP contribution in [0.25, 0.3) is 0 Å². The third-order valence-electron chi connectivity index (χ3n) is 3.09. The molecule has 2 rings (SSSR count). The first kappa shape index (κ1) is 18.1. The van der Waals surface area contributed by atoms with Crippen LogP contribution >= 0.6 is 23.2 Å². The van der Waals surface area contributed by atoms with E-state index in [9.17, 15) is 9.59 Å². The van der Waals surface area contributed by atoms with Crippen molar-refractivity contribution < 1.29 is 14.3 Å². The van der Waals surface area contributed by atoms with E-state index in [0.717, 1.165) is 5.56 Å². The Bertz CT molecular complexity index is 778. The molecule has 24 heavy (non-hydrogen) atoms. The topological polar surface area (TPSA) is 67.4 Å². The number of amides is 2. The average molecular weight is 367 g/mol. The summed E-state index contributed by atoms with van der Waals surface area (Å²) in [6, 6.07) is 10.0. The third kappa shape index (κ3) is 5.15. The van der Waals surface area contributed by atoms with E-state index in [2.05, 4.69) is 10.6 Å². The fourth-order valence-corrected chi connectivity index (χ4v) is 2.22. The summed E-state index contributed by atoms with van der Waals surface area (Å²) < 4.78 is 5.37. The Hall–Kier alpha value is -2.24. The first-order valence-corrected chi connectivity index (χ1v) is 7.86. The molecule has 0 atom stereocenters. The SMILES string of the molecule is CC(=O)Nc1cc(NC(=O)COc2ccc(Cl)c(Cl)c2)ccc1C. The van der Waals surface area contributed by atoms with Crippen molar-refractivity contribution in [3.8, 4) is 5.75 Å². The molecule has 0 spiro atoms. The van der Waals surface area contributed by atoms with Crippen LogP contribution < -0.4 is 15.4 Å². The van der Waals surface area contributed by atoms with Crippen LogP contribution in [-0.4, -0.2) is 18.4 Å². The van der Waals surface area contributed by atoms with Crippen molar-refractivity contribution in [2.75, 3.05) is 17.2 Å². The number of halogens is 2. The molecule has 2 aromatic carbocycles. The number of benzene rings is 2. The van der Waals surface area contributed by atoms with Gasteiger partial charge < -0.3 is 15.4 Å². The number of anilines is 2. The summed E-state index contributed by atoms with van der Waals surface area (Å²) in [6.07, 6.45) is 0. The van der Waals surface area contributed by atoms with Gasteiger partial charge in [0.2, 0.25) is 5.91 Å². The molecule has 2 amide bonds. The van der Waals surface area contributed by atoms with Crippen LogP contribution in [0.15, 0.2) is 36.4 Å². The lowest BCUT2D eigenvalue weighted by Crippen LogP contribution is -2.20. The number of aryl methyl sites for hydroxylation is 1. The Labute approximate surface area is 149 Å². The number of hydrogen-bond acceptors (Lipinski definition) is 3. The van der Waals surface area contributed by atoms with E-state index in [4.69, 9.17) is 27.9 Å². The van der Waals surface area contributed by atoms with Gasteiger partial charge in [-0.15, -0.1) is 0 Å². The lowest BCUT2D eigenvalue weighted by molar-refractivity contribution is -0.118. The summed E-state index contributed by atoms with van der Waals surface area (Å²) in [7, 11) is 0. The van der Waals surface area contributed by atoms with Crippen molar-refractivity contribution in [3.05, 3.63) is 52.0 Å². The van der Waals surface area contributed by atoms with Crippen LogP contribution in [0.4, 0.5) is 11.4 Å². The zero-order valence-corrected chi connectivity index (χ0v) is 14.7. The molecule has 0 heterocycles. The fourth-order valence-electron chi connectivity index (χ4n) is 1.94. The Morgan fingerprint density at radius 3 is 2.46 bits per heavy atom. The minimum Gasteiger partial charge on any atom is -0.484 e. The summed E-state index contributed by atoms with van der Waals surface area (Å²) in [6.45, 7) is 3.11. The second kappa shape index (κ2) is 8.04. The van der Waals surface area contributed by atoms with Crippen molar-refractivity contribution in [3.63, 3.8) is 0 Å². The molecule has 0 saturated heterocycles. The van der Waals surface area contributed by atoms with Crippen LogP contribution in [0.2, 0.25) is 10.0 Å². The zero-order chi connectivity index (χ0) is 17.7. The Morgan fingerprint density at radius 2 is 1.79 bits per heavy atom. The first-order valence-electron chi connectivity index (χ1n) is 7.11. The standard InChI is InChI=1S/C17H16Cl2N2O3/c1-10-3-4-12(7-16(10)20-11(2)22)21-17(23)9-24-13-5-6-14(18)15(19)8-13/h3-8H,9H2,1-2H3,(H,20,22)(H,21,23). The highest BCUT2D eigenvalue weighted by Gasteiger charge is 2.08. The molecule has 5 nitrogen and oxygen atoms in total. The number of hydrogen-bond donors (Lipinski definition) is 2. The van der Waals surface area contributed by atoms with Gasteiger partial charge in [-0.3, -0.25) is 9.59 Å². The molecular formula is C17H16Cl2N2O3. The molecule has 2 N–H and O–H groups in total. The van der Waals surface area contributed by atoms with Crippen molar-refractivity contribution >= 4 is 46.4 Å². The van der Waals surface area contributed by atoms with Gasteiger partial charge in [0.25, 0.3) is 5.91 Å². The summed E-state index contributed by atoms with van der Waals surface area (Å²) in [5.74, 6) is -0.0642. The van der Waals surface area contributed by atoms with Gasteiger partial charge in [-0.25, -0.2) is 0 Å². The highest BCUT2D eigenvalue weighted by Crippen LogP contribution is 2.26. The van der Waals surface area contributed by atoms with Crippen LogP contribution in [0.3, 0.4) is 0 Å². The molecular weight excluding hydrogens is 351 g/mol. The Morgan fingerprint density at radius 1 is 1.04 bits per heavy atom. The summed E-state index contributed by atoms with van der Waals surface area (Å²) in [5, 5.41) is 6.18. The maximum absolute atomic E-state index is 12.0. The largest absolute Gasteiger partial charge is 0.484 e. The lowest BCUT2D eigenvalue weighted by atomic mass is 10.1. The molecule has 0 saturated carbocycles. The van der Waals surface area contributed by atoms with E-state index in [1.165, 1.54) is 13.0 Å². The van der Waals surface area contributed by atoms with Gasteiger partial charge in [0, 0.05) is 24.4 Å². The van der Waals surface area contributed by atoms with E-state index in [-0.39, 0.29) is 18.4 Å². The summed E-state index contributed by atoms with van der Waals surface area (Å²) >= 11 is 11.7. The van der Waals surface area contributed by atoms with Gasteiger partial charge in [-0.1, -0.05) is 29.3 Å². The second-order valence-corrected chi connectivity index (χ2v) is 5.94. The molecule has 7 heteroatoms. The van der Waals surface area contributed by atoms with Crippen LogP contribution in [0.1, 0.15) is 12.5 Å². The minimum atomic E-state index is -0.335. The smallest absolute Gasteiger partial charge is 0.262 e. The van der Waals surface area contributed by atoms with Gasteiger partial charge in [-0.2, -0.15) is 0 Å². The summed E-state index contributed by atoms with van der Waals surface area (Å²) in [4.78, 5) is 23.1. The van der Waals surface area contributed by atoms with Crippen molar-refractivity contribution in [1.82, 2.24) is 0 Å². The number of carbonyl (C=O) groups is 2. The molecule has 0 unspecified atom stereocenters. The number of carbonyl (C=O) groups excluding carboxylic acids is 2. The number of nitrogens with one attached hydrogen (secondary N) is 2. The van der Waals surface area contributed by atoms with E-state index < -0.39 is 0 Å². The van der Waals surface area contributed by atoms with E-state index >= 15 is 0 Å². The molecule has 126 valence electrons. The maximum atomic E-state index is 12.0. The highest BCUT2D eigenvalue weighted by atomic mass is 35.5. The fraction of sp³-hybridized carbons (Fsp3) is 0.176. The first-order chi connectivity index (χ1) is 11.3. The van der Waals surface area contributed by atoms with Gasteiger partial charge in [0.15, 0.2) is 6.61 Å². The van der Waals surface area contributed by atoms with Gasteiger partial charge >= 0.3 is 0 Å². The van der Waals surface area contributed by atoms with Crippen LogP contribution in [0.5, 0.6) is 5.75 Å². The lowest BCUT2D eigenvalue weighted by Gasteiger charge is -2.11. The molecule has 0 aliphatic heterocycles. The molecule has 0 fully saturated rings. The van der Waals surface area contributed by atoms with Crippen LogP contribution in [0, 0.1) is 6.92 Å². The highest BCUT2D eigenvalue weighted by molar-refractivity contribution is 6.42. The minimum absolute atomic E-state index is 0.176. The van der Waals surface area contributed by atoms with Gasteiger partial charge in [0.05, 0.1) is 10.0 Å². The predicted octanol–water partition coefficient (Wildman–Crippen LogP) is 4.28. The van der Waals surface area contributed by atoms with E-state index in [0.29, 0.717) is 27.2 Å². The van der Waals surface area contributed by atoms with Gasteiger partial charge in [-0.05, 0) is 36.8 Å². The van der Waals surface area contributed by atoms with Crippen molar-refractivity contribution in [2.45, 2.75) is 13.8 Å². The van der Waals surface area contributed by atoms with Crippen LogP contribution in [-0.2, 0) is 9.59 Å². The Balaban J connectivity index is 1.96. The van der Waals surface area contributed by atoms with E-state index in [1.54, 1.807) is 30.3 Å². The normalized spacial score (nSPS) is 10.2. The van der Waals surface area contributed by atoms with Gasteiger partial charge in [0.1, 0.15) is 5.75 Å². The molecule has 0 bridgehead atoms. The zero-order valence-electron chi connectivity index (χ0n) is 13.2. The molecule has 0 aliphatic rings. The molecule has 0 aliphatic carbocycles. The number of ether oxygens (including phenoxy) is 1. The van der Waals surface area contributed by atoms with Crippen molar-refractivity contribution in [2.24, 2.45) is 0 Å². The second-order valence-electron chi connectivity index (χ2n) is 5.12. The molecule has 0 aromatic heterocycles. The summed E-state index contributed by atoms with van der Waals surface area (Å²) in [5.41, 5.74) is 2.10.